The monoisotopic (exact) mass is 292 g/mol. The van der Waals surface area contributed by atoms with Crippen LogP contribution >= 0.6 is 11.8 Å². The molecule has 0 unspecified atom stereocenters. The highest BCUT2D eigenvalue weighted by atomic mass is 32.2. The number of nitrogens with zero attached hydrogens (tertiary/aromatic N) is 2. The summed E-state index contributed by atoms with van der Waals surface area (Å²) in [6.07, 6.45) is 3.50. The summed E-state index contributed by atoms with van der Waals surface area (Å²) in [5.41, 5.74) is 1.92. The standard InChI is InChI=1S/C14H16N2O3S/c1-19-10-5-6-12-11(7-10)15-14(20-8-13(17)18)16(12)9-3-2-4-9/h5-7,9H,2-4,8H2,1H3,(H,17,18). The number of hydrogen-bond acceptors (Lipinski definition) is 4. The van der Waals surface area contributed by atoms with E-state index in [4.69, 9.17) is 9.84 Å². The number of imidazole rings is 1. The van der Waals surface area contributed by atoms with Crippen LogP contribution in [0.15, 0.2) is 23.4 Å². The van der Waals surface area contributed by atoms with E-state index < -0.39 is 5.97 Å². The van der Waals surface area contributed by atoms with E-state index in [1.807, 2.05) is 18.2 Å². The second kappa shape index (κ2) is 5.36. The zero-order valence-electron chi connectivity index (χ0n) is 11.2. The average Bonchev–Trinajstić information content (AvgIpc) is 2.72. The van der Waals surface area contributed by atoms with Crippen molar-refractivity contribution in [2.45, 2.75) is 30.5 Å². The highest BCUT2D eigenvalue weighted by molar-refractivity contribution is 7.99. The lowest BCUT2D eigenvalue weighted by molar-refractivity contribution is -0.133. The van der Waals surface area contributed by atoms with E-state index in [-0.39, 0.29) is 5.75 Å². The van der Waals surface area contributed by atoms with Gasteiger partial charge in [0.15, 0.2) is 5.16 Å². The first-order valence-corrected chi connectivity index (χ1v) is 7.58. The number of carboxylic acids is 1. The van der Waals surface area contributed by atoms with Crippen LogP contribution in [-0.4, -0.2) is 33.5 Å². The molecule has 1 aromatic carbocycles. The molecule has 20 heavy (non-hydrogen) atoms. The smallest absolute Gasteiger partial charge is 0.313 e. The van der Waals surface area contributed by atoms with Crippen LogP contribution in [0.1, 0.15) is 25.3 Å². The Hall–Kier alpha value is -1.69. The normalized spacial score (nSPS) is 15.2. The number of hydrogen-bond donors (Lipinski definition) is 1. The van der Waals surface area contributed by atoms with Gasteiger partial charge in [-0.25, -0.2) is 4.98 Å². The molecule has 0 bridgehead atoms. The molecule has 1 aromatic heterocycles. The van der Waals surface area contributed by atoms with Gasteiger partial charge in [0.25, 0.3) is 0 Å². The van der Waals surface area contributed by atoms with Gasteiger partial charge in [0, 0.05) is 12.1 Å². The first kappa shape index (κ1) is 13.3. The lowest BCUT2D eigenvalue weighted by Crippen LogP contribution is -2.18. The van der Waals surface area contributed by atoms with E-state index in [2.05, 4.69) is 9.55 Å². The average molecular weight is 292 g/mol. The molecule has 2 aromatic rings. The molecule has 0 atom stereocenters. The molecule has 0 spiro atoms. The first-order chi connectivity index (χ1) is 9.69. The molecule has 1 heterocycles. The summed E-state index contributed by atoms with van der Waals surface area (Å²) in [6, 6.07) is 6.27. The summed E-state index contributed by atoms with van der Waals surface area (Å²) in [4.78, 5) is 15.4. The van der Waals surface area contributed by atoms with Crippen LogP contribution in [0.3, 0.4) is 0 Å². The minimum absolute atomic E-state index is 0.0349. The number of aliphatic carboxylic acids is 1. The van der Waals surface area contributed by atoms with E-state index in [0.29, 0.717) is 6.04 Å². The maximum Gasteiger partial charge on any atom is 0.313 e. The SMILES string of the molecule is COc1ccc2c(c1)nc(SCC(=O)O)n2C1CCC1. The van der Waals surface area contributed by atoms with Crippen molar-refractivity contribution < 1.29 is 14.6 Å². The summed E-state index contributed by atoms with van der Waals surface area (Å²) in [7, 11) is 1.63. The van der Waals surface area contributed by atoms with Gasteiger partial charge in [0.1, 0.15) is 5.75 Å². The van der Waals surface area contributed by atoms with Crippen molar-refractivity contribution in [3.8, 4) is 5.75 Å². The van der Waals surface area contributed by atoms with Gasteiger partial charge in [-0.3, -0.25) is 4.79 Å². The molecular formula is C14H16N2O3S. The summed E-state index contributed by atoms with van der Waals surface area (Å²) in [5, 5.41) is 9.65. The molecule has 0 radical (unpaired) electrons. The summed E-state index contributed by atoms with van der Waals surface area (Å²) >= 11 is 1.28. The molecule has 3 rings (SSSR count). The molecule has 6 heteroatoms. The number of methoxy groups -OCH3 is 1. The maximum atomic E-state index is 10.8. The van der Waals surface area contributed by atoms with E-state index >= 15 is 0 Å². The van der Waals surface area contributed by atoms with Gasteiger partial charge in [-0.2, -0.15) is 0 Å². The van der Waals surface area contributed by atoms with Gasteiger partial charge in [-0.1, -0.05) is 11.8 Å². The number of ether oxygens (including phenoxy) is 1. The fraction of sp³-hybridized carbons (Fsp3) is 0.429. The van der Waals surface area contributed by atoms with Crippen molar-refractivity contribution in [3.63, 3.8) is 0 Å². The van der Waals surface area contributed by atoms with Gasteiger partial charge in [0.2, 0.25) is 0 Å². The Morgan fingerprint density at radius 2 is 2.35 bits per heavy atom. The van der Waals surface area contributed by atoms with Crippen molar-refractivity contribution in [2.24, 2.45) is 0 Å². The number of benzene rings is 1. The van der Waals surface area contributed by atoms with Gasteiger partial charge in [0.05, 0.1) is 23.9 Å². The van der Waals surface area contributed by atoms with Crippen LogP contribution < -0.4 is 4.74 Å². The third-order valence-electron chi connectivity index (χ3n) is 3.63. The maximum absolute atomic E-state index is 10.8. The molecule has 0 saturated heterocycles. The second-order valence-electron chi connectivity index (χ2n) is 4.89. The molecule has 1 aliphatic rings. The molecule has 1 aliphatic carbocycles. The van der Waals surface area contributed by atoms with E-state index in [9.17, 15) is 4.79 Å². The Morgan fingerprint density at radius 1 is 1.55 bits per heavy atom. The molecule has 106 valence electrons. The van der Waals surface area contributed by atoms with Crippen molar-refractivity contribution in [2.75, 3.05) is 12.9 Å². The summed E-state index contributed by atoms with van der Waals surface area (Å²) < 4.78 is 7.41. The molecule has 0 aliphatic heterocycles. The Bertz CT molecular complexity index is 649. The lowest BCUT2D eigenvalue weighted by Gasteiger charge is -2.28. The molecule has 1 N–H and O–H groups in total. The fourth-order valence-corrected chi connectivity index (χ4v) is 3.21. The third-order valence-corrected chi connectivity index (χ3v) is 4.57. The Kier molecular flexibility index (Phi) is 3.56. The Balaban J connectivity index is 2.03. The minimum Gasteiger partial charge on any atom is -0.497 e. The van der Waals surface area contributed by atoms with Crippen molar-refractivity contribution >= 4 is 28.8 Å². The van der Waals surface area contributed by atoms with Crippen molar-refractivity contribution in [1.82, 2.24) is 9.55 Å². The predicted molar refractivity (Wildman–Crippen MR) is 77.5 cm³/mol. The number of carbonyl (C=O) groups is 1. The second-order valence-corrected chi connectivity index (χ2v) is 5.83. The largest absolute Gasteiger partial charge is 0.497 e. The number of rotatable bonds is 5. The van der Waals surface area contributed by atoms with Crippen LogP contribution in [-0.2, 0) is 4.79 Å². The van der Waals surface area contributed by atoms with Crippen LogP contribution in [0.2, 0.25) is 0 Å². The van der Waals surface area contributed by atoms with Crippen LogP contribution in [0.5, 0.6) is 5.75 Å². The Morgan fingerprint density at radius 3 is 2.95 bits per heavy atom. The third kappa shape index (κ3) is 2.35. The van der Waals surface area contributed by atoms with Gasteiger partial charge in [-0.15, -0.1) is 0 Å². The van der Waals surface area contributed by atoms with E-state index in [1.54, 1.807) is 7.11 Å². The summed E-state index contributed by atoms with van der Waals surface area (Å²) in [6.45, 7) is 0. The van der Waals surface area contributed by atoms with Gasteiger partial charge < -0.3 is 14.4 Å². The molecule has 1 fully saturated rings. The van der Waals surface area contributed by atoms with Crippen molar-refractivity contribution in [1.29, 1.82) is 0 Å². The van der Waals surface area contributed by atoms with Gasteiger partial charge in [-0.05, 0) is 31.4 Å². The van der Waals surface area contributed by atoms with Gasteiger partial charge >= 0.3 is 5.97 Å². The van der Waals surface area contributed by atoms with Crippen molar-refractivity contribution in [3.05, 3.63) is 18.2 Å². The van der Waals surface area contributed by atoms with Crippen LogP contribution in [0.4, 0.5) is 0 Å². The number of carboxylic acid groups (broad SMARTS) is 1. The molecule has 0 amide bonds. The topological polar surface area (TPSA) is 64.3 Å². The molecular weight excluding hydrogens is 276 g/mol. The molecule has 1 saturated carbocycles. The minimum atomic E-state index is -0.820. The summed E-state index contributed by atoms with van der Waals surface area (Å²) in [5.74, 6) is -0.0157. The lowest BCUT2D eigenvalue weighted by atomic mass is 9.93. The quantitative estimate of drug-likeness (QED) is 0.858. The Labute approximate surface area is 120 Å². The highest BCUT2D eigenvalue weighted by Gasteiger charge is 2.25. The van der Waals surface area contributed by atoms with E-state index in [0.717, 1.165) is 34.8 Å². The number of thioether (sulfide) groups is 1. The first-order valence-electron chi connectivity index (χ1n) is 6.59. The van der Waals surface area contributed by atoms with Crippen LogP contribution in [0.25, 0.3) is 11.0 Å². The fourth-order valence-electron chi connectivity index (χ4n) is 2.41. The highest BCUT2D eigenvalue weighted by Crippen LogP contribution is 2.38. The number of fused-ring (bicyclic) bond motifs is 1. The van der Waals surface area contributed by atoms with Crippen LogP contribution in [0, 0.1) is 0 Å². The molecule has 5 nitrogen and oxygen atoms in total. The zero-order valence-corrected chi connectivity index (χ0v) is 12.0. The number of aromatic nitrogens is 2. The zero-order chi connectivity index (χ0) is 14.1. The van der Waals surface area contributed by atoms with E-state index in [1.165, 1.54) is 18.2 Å². The predicted octanol–water partition coefficient (Wildman–Crippen LogP) is 2.95.